The molecule has 1 rings (SSSR count). The Bertz CT molecular complexity index is 274. The minimum Gasteiger partial charge on any atom is -0.409 e. The molecule has 1 heterocycles. The van der Waals surface area contributed by atoms with Crippen molar-refractivity contribution in [3.05, 3.63) is 5.51 Å². The van der Waals surface area contributed by atoms with Crippen LogP contribution in [-0.4, -0.2) is 26.5 Å². The van der Waals surface area contributed by atoms with Crippen LogP contribution in [0.5, 0.6) is 0 Å². The van der Waals surface area contributed by atoms with Crippen molar-refractivity contribution in [1.29, 1.82) is 0 Å². The van der Waals surface area contributed by atoms with Crippen molar-refractivity contribution >= 4 is 28.9 Å². The first-order chi connectivity index (χ1) is 6.27. The second-order valence-corrected chi connectivity index (χ2v) is 4.53. The van der Waals surface area contributed by atoms with Gasteiger partial charge in [-0.1, -0.05) is 35.2 Å². The van der Waals surface area contributed by atoms with E-state index in [1.165, 1.54) is 23.1 Å². The lowest BCUT2D eigenvalue weighted by Gasteiger charge is -2.09. The van der Waals surface area contributed by atoms with Gasteiger partial charge in [0.2, 0.25) is 0 Å². The Kier molecular flexibility index (Phi) is 3.97. The van der Waals surface area contributed by atoms with Gasteiger partial charge in [0.1, 0.15) is 5.51 Å². The van der Waals surface area contributed by atoms with Gasteiger partial charge in [-0.05, 0) is 6.42 Å². The van der Waals surface area contributed by atoms with Crippen LogP contribution >= 0.6 is 23.1 Å². The van der Waals surface area contributed by atoms with Crippen molar-refractivity contribution in [3.8, 4) is 0 Å². The lowest BCUT2D eigenvalue weighted by molar-refractivity contribution is 0.317. The third-order valence-electron chi connectivity index (χ3n) is 1.40. The van der Waals surface area contributed by atoms with Crippen molar-refractivity contribution in [2.75, 3.05) is 0 Å². The normalized spacial score (nSPS) is 14.4. The summed E-state index contributed by atoms with van der Waals surface area (Å²) in [7, 11) is 0. The van der Waals surface area contributed by atoms with Crippen molar-refractivity contribution in [3.63, 3.8) is 0 Å². The fourth-order valence-electron chi connectivity index (χ4n) is 0.753. The fraction of sp³-hybridized carbons (Fsp3) is 0.500. The van der Waals surface area contributed by atoms with E-state index in [9.17, 15) is 0 Å². The number of oxime groups is 1. The molecule has 3 N–H and O–H groups in total. The average molecular weight is 218 g/mol. The molecule has 7 heteroatoms. The van der Waals surface area contributed by atoms with Gasteiger partial charge in [0.15, 0.2) is 10.2 Å². The number of hydrogen-bond acceptors (Lipinski definition) is 6. The topological polar surface area (TPSA) is 84.4 Å². The van der Waals surface area contributed by atoms with Crippen LogP contribution in [0.4, 0.5) is 0 Å². The number of rotatable bonds is 4. The van der Waals surface area contributed by atoms with Gasteiger partial charge in [0.25, 0.3) is 0 Å². The predicted octanol–water partition coefficient (Wildman–Crippen LogP) is 1.16. The van der Waals surface area contributed by atoms with Crippen LogP contribution in [0.2, 0.25) is 0 Å². The first kappa shape index (κ1) is 10.3. The molecule has 0 fully saturated rings. The number of nitrogens with two attached hydrogens (primary N) is 1. The summed E-state index contributed by atoms with van der Waals surface area (Å²) in [6, 6.07) is 0. The molecule has 72 valence electrons. The lowest BCUT2D eigenvalue weighted by Crippen LogP contribution is -2.25. The Balaban J connectivity index is 2.60. The van der Waals surface area contributed by atoms with Crippen LogP contribution < -0.4 is 5.73 Å². The Morgan fingerprint density at radius 3 is 3.15 bits per heavy atom. The number of amidine groups is 1. The van der Waals surface area contributed by atoms with Crippen molar-refractivity contribution in [2.45, 2.75) is 22.9 Å². The third-order valence-corrected chi connectivity index (χ3v) is 3.60. The molecule has 0 amide bonds. The Morgan fingerprint density at radius 1 is 1.92 bits per heavy atom. The largest absolute Gasteiger partial charge is 0.409 e. The fourth-order valence-corrected chi connectivity index (χ4v) is 2.40. The van der Waals surface area contributed by atoms with E-state index in [0.717, 1.165) is 10.8 Å². The highest BCUT2D eigenvalue weighted by molar-refractivity contribution is 8.02. The zero-order valence-electron chi connectivity index (χ0n) is 7.04. The third kappa shape index (κ3) is 2.85. The van der Waals surface area contributed by atoms with Gasteiger partial charge in [-0.3, -0.25) is 0 Å². The van der Waals surface area contributed by atoms with E-state index in [-0.39, 0.29) is 11.1 Å². The average Bonchev–Trinajstić information content (AvgIpc) is 2.65. The van der Waals surface area contributed by atoms with Crippen molar-refractivity contribution in [2.24, 2.45) is 10.9 Å². The van der Waals surface area contributed by atoms with E-state index < -0.39 is 0 Å². The molecule has 1 atom stereocenters. The zero-order chi connectivity index (χ0) is 9.68. The predicted molar refractivity (Wildman–Crippen MR) is 53.3 cm³/mol. The molecule has 0 spiro atoms. The van der Waals surface area contributed by atoms with Crippen LogP contribution in [0.1, 0.15) is 13.3 Å². The minimum atomic E-state index is -0.0297. The molecule has 0 aliphatic heterocycles. The molecule has 1 unspecified atom stereocenters. The van der Waals surface area contributed by atoms with E-state index in [1.807, 2.05) is 6.92 Å². The number of aromatic nitrogens is 2. The van der Waals surface area contributed by atoms with Crippen molar-refractivity contribution < 1.29 is 5.21 Å². The van der Waals surface area contributed by atoms with Crippen LogP contribution in [0.25, 0.3) is 0 Å². The summed E-state index contributed by atoms with van der Waals surface area (Å²) >= 11 is 2.90. The number of nitrogens with zero attached hydrogens (tertiary/aromatic N) is 3. The van der Waals surface area contributed by atoms with Crippen molar-refractivity contribution in [1.82, 2.24) is 10.2 Å². The highest BCUT2D eigenvalue weighted by Gasteiger charge is 2.14. The molecule has 0 aromatic carbocycles. The van der Waals surface area contributed by atoms with E-state index in [0.29, 0.717) is 0 Å². The minimum absolute atomic E-state index is 0.0297. The lowest BCUT2D eigenvalue weighted by atomic mass is 10.3. The molecule has 0 bridgehead atoms. The van der Waals surface area contributed by atoms with Gasteiger partial charge in [-0.15, -0.1) is 10.2 Å². The number of thioether (sulfide) groups is 1. The summed E-state index contributed by atoms with van der Waals surface area (Å²) in [4.78, 5) is 0. The summed E-state index contributed by atoms with van der Waals surface area (Å²) in [6.07, 6.45) is 0.792. The SMILES string of the molecule is CCC(Sc1nncs1)C(N)=NO. The first-order valence-corrected chi connectivity index (χ1v) is 5.44. The highest BCUT2D eigenvalue weighted by Crippen LogP contribution is 2.26. The van der Waals surface area contributed by atoms with Gasteiger partial charge in [-0.25, -0.2) is 0 Å². The molecular formula is C6H10N4OS2. The van der Waals surface area contributed by atoms with E-state index >= 15 is 0 Å². The monoisotopic (exact) mass is 218 g/mol. The molecule has 0 aliphatic rings. The molecule has 0 saturated carbocycles. The Hall–Kier alpha value is -0.820. The second kappa shape index (κ2) is 5.03. The summed E-state index contributed by atoms with van der Waals surface area (Å²) in [5.41, 5.74) is 7.13. The first-order valence-electron chi connectivity index (χ1n) is 3.68. The van der Waals surface area contributed by atoms with E-state index in [4.69, 9.17) is 10.9 Å². The Morgan fingerprint density at radius 2 is 2.69 bits per heavy atom. The Labute approximate surface area is 84.0 Å². The molecule has 0 aliphatic carbocycles. The van der Waals surface area contributed by atoms with Crippen LogP contribution in [0.15, 0.2) is 15.0 Å². The maximum Gasteiger partial charge on any atom is 0.174 e. The summed E-state index contributed by atoms with van der Waals surface area (Å²) in [6.45, 7) is 1.97. The van der Waals surface area contributed by atoms with E-state index in [1.54, 1.807) is 5.51 Å². The molecule has 0 radical (unpaired) electrons. The van der Waals surface area contributed by atoms with Gasteiger partial charge in [0.05, 0.1) is 5.25 Å². The summed E-state index contributed by atoms with van der Waals surface area (Å²) in [5.74, 6) is 0.225. The molecule has 0 saturated heterocycles. The smallest absolute Gasteiger partial charge is 0.174 e. The van der Waals surface area contributed by atoms with Crippen LogP contribution in [0.3, 0.4) is 0 Å². The van der Waals surface area contributed by atoms with Gasteiger partial charge < -0.3 is 10.9 Å². The molecule has 5 nitrogen and oxygen atoms in total. The second-order valence-electron chi connectivity index (χ2n) is 2.24. The van der Waals surface area contributed by atoms with Gasteiger partial charge in [0, 0.05) is 0 Å². The summed E-state index contributed by atoms with van der Waals surface area (Å²) < 4.78 is 0.832. The molecule has 1 aromatic rings. The maximum atomic E-state index is 8.48. The molecule has 13 heavy (non-hydrogen) atoms. The highest BCUT2D eigenvalue weighted by atomic mass is 32.2. The quantitative estimate of drug-likeness (QED) is 0.260. The van der Waals surface area contributed by atoms with Crippen LogP contribution in [0, 0.1) is 0 Å². The van der Waals surface area contributed by atoms with Crippen LogP contribution in [-0.2, 0) is 0 Å². The number of hydrogen-bond donors (Lipinski definition) is 2. The molecule has 1 aromatic heterocycles. The standard InChI is InChI=1S/C6H10N4OS2/c1-2-4(5(7)10-11)13-6-9-8-3-12-6/h3-4,11H,2H2,1H3,(H2,7,10). The summed E-state index contributed by atoms with van der Waals surface area (Å²) in [5, 5.41) is 19.0. The zero-order valence-corrected chi connectivity index (χ0v) is 8.68. The maximum absolute atomic E-state index is 8.48. The van der Waals surface area contributed by atoms with Gasteiger partial charge in [-0.2, -0.15) is 0 Å². The van der Waals surface area contributed by atoms with E-state index in [2.05, 4.69) is 15.4 Å². The van der Waals surface area contributed by atoms with Gasteiger partial charge >= 0.3 is 0 Å². The molecular weight excluding hydrogens is 208 g/mol.